The Morgan fingerprint density at radius 1 is 1.05 bits per heavy atom. The van der Waals surface area contributed by atoms with E-state index in [4.69, 9.17) is 11.6 Å². The van der Waals surface area contributed by atoms with Gasteiger partial charge in [0.15, 0.2) is 0 Å². The van der Waals surface area contributed by atoms with Crippen molar-refractivity contribution >= 4 is 33.0 Å². The van der Waals surface area contributed by atoms with Crippen LogP contribution in [0.15, 0.2) is 53.9 Å². The first-order valence-electron chi connectivity index (χ1n) is 6.60. The molecular formula is C17H15ClOS. The van der Waals surface area contributed by atoms with Crippen LogP contribution in [0.25, 0.3) is 10.1 Å². The molecule has 0 aliphatic heterocycles. The fraction of sp³-hybridized carbons (Fsp3) is 0.176. The van der Waals surface area contributed by atoms with Gasteiger partial charge < -0.3 is 5.11 Å². The molecule has 0 aliphatic rings. The molecule has 20 heavy (non-hydrogen) atoms. The molecule has 0 aliphatic carbocycles. The van der Waals surface area contributed by atoms with Crippen LogP contribution in [0.1, 0.15) is 11.1 Å². The fourth-order valence-corrected chi connectivity index (χ4v) is 3.64. The van der Waals surface area contributed by atoms with E-state index < -0.39 is 0 Å². The lowest BCUT2D eigenvalue weighted by atomic mass is 10.0. The van der Waals surface area contributed by atoms with Crippen molar-refractivity contribution in [3.05, 3.63) is 70.1 Å². The highest BCUT2D eigenvalue weighted by molar-refractivity contribution is 7.17. The molecule has 1 N–H and O–H groups in total. The quantitative estimate of drug-likeness (QED) is 0.740. The van der Waals surface area contributed by atoms with Crippen molar-refractivity contribution in [2.24, 2.45) is 0 Å². The van der Waals surface area contributed by atoms with Gasteiger partial charge in [0.2, 0.25) is 0 Å². The molecule has 1 nitrogen and oxygen atoms in total. The van der Waals surface area contributed by atoms with Crippen LogP contribution in [-0.2, 0) is 12.8 Å². The van der Waals surface area contributed by atoms with Gasteiger partial charge in [0, 0.05) is 16.1 Å². The van der Waals surface area contributed by atoms with Crippen LogP contribution >= 0.6 is 22.9 Å². The number of halogens is 1. The monoisotopic (exact) mass is 302 g/mol. The van der Waals surface area contributed by atoms with Gasteiger partial charge in [-0.05, 0) is 46.5 Å². The van der Waals surface area contributed by atoms with Gasteiger partial charge in [0.05, 0.1) is 6.10 Å². The third-order valence-electron chi connectivity index (χ3n) is 3.38. The lowest BCUT2D eigenvalue weighted by Crippen LogP contribution is -2.13. The van der Waals surface area contributed by atoms with E-state index in [1.54, 1.807) is 11.3 Å². The van der Waals surface area contributed by atoms with Gasteiger partial charge >= 0.3 is 0 Å². The highest BCUT2D eigenvalue weighted by Gasteiger charge is 2.11. The summed E-state index contributed by atoms with van der Waals surface area (Å²) >= 11 is 7.70. The molecule has 3 rings (SSSR count). The Morgan fingerprint density at radius 2 is 1.90 bits per heavy atom. The molecule has 0 spiro atoms. The zero-order valence-corrected chi connectivity index (χ0v) is 12.5. The Morgan fingerprint density at radius 3 is 2.75 bits per heavy atom. The van der Waals surface area contributed by atoms with Crippen LogP contribution in [0.5, 0.6) is 0 Å². The van der Waals surface area contributed by atoms with Crippen molar-refractivity contribution in [2.45, 2.75) is 18.9 Å². The molecule has 0 fully saturated rings. The van der Waals surface area contributed by atoms with E-state index in [1.165, 1.54) is 15.6 Å². The lowest BCUT2D eigenvalue weighted by molar-refractivity contribution is 0.176. The minimum Gasteiger partial charge on any atom is -0.392 e. The topological polar surface area (TPSA) is 20.2 Å². The molecule has 102 valence electrons. The minimum absolute atomic E-state index is 0.383. The molecule has 1 aromatic heterocycles. The Bertz CT molecular complexity index is 720. The zero-order chi connectivity index (χ0) is 13.9. The van der Waals surface area contributed by atoms with Gasteiger partial charge in [-0.1, -0.05) is 41.9 Å². The van der Waals surface area contributed by atoms with Crippen LogP contribution in [-0.4, -0.2) is 11.2 Å². The van der Waals surface area contributed by atoms with Crippen molar-refractivity contribution in [3.63, 3.8) is 0 Å². The predicted molar refractivity (Wildman–Crippen MR) is 86.7 cm³/mol. The van der Waals surface area contributed by atoms with Gasteiger partial charge in [-0.2, -0.15) is 0 Å². The number of hydrogen-bond acceptors (Lipinski definition) is 2. The van der Waals surface area contributed by atoms with E-state index in [1.807, 2.05) is 36.4 Å². The molecule has 1 unspecified atom stereocenters. The Hall–Kier alpha value is -1.35. The van der Waals surface area contributed by atoms with Crippen LogP contribution in [0.4, 0.5) is 0 Å². The van der Waals surface area contributed by atoms with Gasteiger partial charge in [0.1, 0.15) is 0 Å². The van der Waals surface area contributed by atoms with Gasteiger partial charge in [-0.25, -0.2) is 0 Å². The highest BCUT2D eigenvalue weighted by atomic mass is 35.5. The summed E-state index contributed by atoms with van der Waals surface area (Å²) in [6.07, 6.45) is 0.924. The van der Waals surface area contributed by atoms with E-state index in [0.717, 1.165) is 10.6 Å². The molecule has 2 aromatic carbocycles. The van der Waals surface area contributed by atoms with Crippen LogP contribution in [0, 0.1) is 0 Å². The summed E-state index contributed by atoms with van der Waals surface area (Å²) in [5.74, 6) is 0. The summed E-state index contributed by atoms with van der Waals surface area (Å²) in [4.78, 5) is 0. The molecule has 0 bridgehead atoms. The molecule has 0 saturated heterocycles. The molecule has 1 atom stereocenters. The average molecular weight is 303 g/mol. The Balaban J connectivity index is 1.74. The number of aliphatic hydroxyl groups excluding tert-OH is 1. The number of fused-ring (bicyclic) bond motifs is 1. The molecule has 0 saturated carbocycles. The maximum absolute atomic E-state index is 10.3. The molecule has 0 amide bonds. The summed E-state index contributed by atoms with van der Waals surface area (Å²) < 4.78 is 1.28. The summed E-state index contributed by atoms with van der Waals surface area (Å²) in [7, 11) is 0. The summed E-state index contributed by atoms with van der Waals surface area (Å²) in [6, 6.07) is 16.0. The first-order chi connectivity index (χ1) is 9.72. The summed E-state index contributed by atoms with van der Waals surface area (Å²) in [5, 5.41) is 14.4. The van der Waals surface area contributed by atoms with E-state index in [9.17, 15) is 5.11 Å². The zero-order valence-electron chi connectivity index (χ0n) is 10.9. The third kappa shape index (κ3) is 3.04. The number of benzene rings is 2. The van der Waals surface area contributed by atoms with Crippen molar-refractivity contribution in [3.8, 4) is 0 Å². The number of rotatable bonds is 4. The van der Waals surface area contributed by atoms with Gasteiger partial charge in [-0.3, -0.25) is 0 Å². The maximum Gasteiger partial charge on any atom is 0.0621 e. The first-order valence-corrected chi connectivity index (χ1v) is 7.86. The van der Waals surface area contributed by atoms with E-state index >= 15 is 0 Å². The van der Waals surface area contributed by atoms with Crippen LogP contribution in [0.3, 0.4) is 0 Å². The predicted octanol–water partition coefficient (Wildman–Crippen LogP) is 4.70. The van der Waals surface area contributed by atoms with Crippen molar-refractivity contribution in [1.82, 2.24) is 0 Å². The van der Waals surface area contributed by atoms with Crippen molar-refractivity contribution in [1.29, 1.82) is 0 Å². The molecule has 1 heterocycles. The number of aliphatic hydroxyl groups is 1. The second kappa shape index (κ2) is 5.96. The van der Waals surface area contributed by atoms with Crippen molar-refractivity contribution < 1.29 is 5.11 Å². The van der Waals surface area contributed by atoms with Gasteiger partial charge in [-0.15, -0.1) is 11.3 Å². The second-order valence-corrected chi connectivity index (χ2v) is 6.30. The van der Waals surface area contributed by atoms with E-state index in [2.05, 4.69) is 17.5 Å². The standard InChI is InChI=1S/C17H15ClOS/c18-14-5-3-4-12(8-14)9-15(19)10-13-11-20-17-7-2-1-6-16(13)17/h1-8,11,15,19H,9-10H2. The molecule has 3 aromatic rings. The molecule has 0 radical (unpaired) electrons. The first kappa shape index (κ1) is 13.6. The third-order valence-corrected chi connectivity index (χ3v) is 4.62. The number of hydrogen-bond donors (Lipinski definition) is 1. The fourth-order valence-electron chi connectivity index (χ4n) is 2.45. The normalized spacial score (nSPS) is 12.7. The smallest absolute Gasteiger partial charge is 0.0621 e. The van der Waals surface area contributed by atoms with Crippen LogP contribution in [0.2, 0.25) is 5.02 Å². The average Bonchev–Trinajstić information content (AvgIpc) is 2.82. The van der Waals surface area contributed by atoms with E-state index in [-0.39, 0.29) is 6.10 Å². The second-order valence-electron chi connectivity index (χ2n) is 4.95. The SMILES string of the molecule is OC(Cc1cccc(Cl)c1)Cc1csc2ccccc12. The van der Waals surface area contributed by atoms with Crippen molar-refractivity contribution in [2.75, 3.05) is 0 Å². The minimum atomic E-state index is -0.383. The maximum atomic E-state index is 10.3. The highest BCUT2D eigenvalue weighted by Crippen LogP contribution is 2.27. The molecular weight excluding hydrogens is 288 g/mol. The largest absolute Gasteiger partial charge is 0.392 e. The Labute approximate surface area is 127 Å². The lowest BCUT2D eigenvalue weighted by Gasteiger charge is -2.10. The van der Waals surface area contributed by atoms with Crippen LogP contribution < -0.4 is 0 Å². The number of thiophene rings is 1. The molecule has 3 heteroatoms. The Kier molecular flexibility index (Phi) is 4.06. The van der Waals surface area contributed by atoms with E-state index in [0.29, 0.717) is 12.8 Å². The summed E-state index contributed by atoms with van der Waals surface area (Å²) in [5.41, 5.74) is 2.30. The van der Waals surface area contributed by atoms with Gasteiger partial charge in [0.25, 0.3) is 0 Å². The summed E-state index contributed by atoms with van der Waals surface area (Å²) in [6.45, 7) is 0.